The van der Waals surface area contributed by atoms with Gasteiger partial charge in [0.15, 0.2) is 0 Å². The van der Waals surface area contributed by atoms with Crippen molar-refractivity contribution in [3.05, 3.63) is 109 Å². The summed E-state index contributed by atoms with van der Waals surface area (Å²) < 4.78 is 0. The number of nitrogens with one attached hydrogen (secondary N) is 1. The molecule has 5 aromatic rings. The van der Waals surface area contributed by atoms with Gasteiger partial charge in [0.05, 0.1) is 0 Å². The van der Waals surface area contributed by atoms with Gasteiger partial charge in [0, 0.05) is 11.4 Å². The predicted molar refractivity (Wildman–Crippen MR) is 117 cm³/mol. The Bertz CT molecular complexity index is 1230. The average molecular weight is 345 g/mol. The van der Waals surface area contributed by atoms with Crippen LogP contribution in [0.15, 0.2) is 109 Å². The standard InChI is InChI=1S/C26H19N/c1-2-9-23(10-3-1)27-24-16-15-19-13-14-21(17-22(19)18-24)26-12-6-8-20-7-4-5-11-25(20)26/h1-18,27H. The lowest BCUT2D eigenvalue weighted by Crippen LogP contribution is -1.89. The number of rotatable bonds is 3. The summed E-state index contributed by atoms with van der Waals surface area (Å²) in [7, 11) is 0. The van der Waals surface area contributed by atoms with E-state index in [0.717, 1.165) is 11.4 Å². The van der Waals surface area contributed by atoms with Crippen LogP contribution in [0.3, 0.4) is 0 Å². The molecule has 0 aliphatic rings. The van der Waals surface area contributed by atoms with Crippen LogP contribution in [0.1, 0.15) is 0 Å². The first-order valence-electron chi connectivity index (χ1n) is 9.21. The highest BCUT2D eigenvalue weighted by atomic mass is 14.9. The van der Waals surface area contributed by atoms with Crippen molar-refractivity contribution >= 4 is 32.9 Å². The maximum Gasteiger partial charge on any atom is 0.0390 e. The van der Waals surface area contributed by atoms with Crippen LogP contribution in [0.4, 0.5) is 11.4 Å². The molecule has 0 saturated carbocycles. The van der Waals surface area contributed by atoms with Crippen LogP contribution in [0, 0.1) is 0 Å². The second kappa shape index (κ2) is 6.62. The Hall–Kier alpha value is -3.58. The van der Waals surface area contributed by atoms with Crippen molar-refractivity contribution in [2.45, 2.75) is 0 Å². The second-order valence-electron chi connectivity index (χ2n) is 6.79. The quantitative estimate of drug-likeness (QED) is 0.359. The Labute approximate surface area is 158 Å². The minimum absolute atomic E-state index is 1.10. The molecular formula is C26H19N. The van der Waals surface area contributed by atoms with Crippen LogP contribution >= 0.6 is 0 Å². The third-order valence-corrected chi connectivity index (χ3v) is 5.00. The lowest BCUT2D eigenvalue weighted by atomic mass is 9.96. The number of fused-ring (bicyclic) bond motifs is 2. The Kier molecular flexibility index (Phi) is 3.84. The number of benzene rings is 5. The van der Waals surface area contributed by atoms with E-state index in [0.29, 0.717) is 0 Å². The molecule has 0 unspecified atom stereocenters. The summed E-state index contributed by atoms with van der Waals surface area (Å²) in [5.41, 5.74) is 4.72. The van der Waals surface area contributed by atoms with Crippen LogP contribution in [0.5, 0.6) is 0 Å². The number of hydrogen-bond acceptors (Lipinski definition) is 1. The van der Waals surface area contributed by atoms with Crippen molar-refractivity contribution < 1.29 is 0 Å². The topological polar surface area (TPSA) is 12.0 Å². The van der Waals surface area contributed by atoms with E-state index in [-0.39, 0.29) is 0 Å². The highest BCUT2D eigenvalue weighted by Gasteiger charge is 2.05. The maximum absolute atomic E-state index is 3.48. The Morgan fingerprint density at radius 3 is 2.15 bits per heavy atom. The Morgan fingerprint density at radius 1 is 0.444 bits per heavy atom. The summed E-state index contributed by atoms with van der Waals surface area (Å²) in [5, 5.41) is 8.53. The summed E-state index contributed by atoms with van der Waals surface area (Å²) in [6, 6.07) is 38.6. The van der Waals surface area contributed by atoms with Crippen molar-refractivity contribution in [2.24, 2.45) is 0 Å². The SMILES string of the molecule is c1ccc(Nc2ccc3ccc(-c4cccc5ccccc45)cc3c2)cc1. The van der Waals surface area contributed by atoms with Gasteiger partial charge in [0.1, 0.15) is 0 Å². The lowest BCUT2D eigenvalue weighted by molar-refractivity contribution is 1.57. The van der Waals surface area contributed by atoms with Gasteiger partial charge in [-0.15, -0.1) is 0 Å². The van der Waals surface area contributed by atoms with Crippen molar-refractivity contribution in [1.29, 1.82) is 0 Å². The van der Waals surface area contributed by atoms with Crippen LogP contribution in [-0.2, 0) is 0 Å². The highest BCUT2D eigenvalue weighted by Crippen LogP contribution is 2.32. The molecule has 0 aromatic heterocycles. The van der Waals surface area contributed by atoms with Crippen molar-refractivity contribution in [3.63, 3.8) is 0 Å². The van der Waals surface area contributed by atoms with Gasteiger partial charge in [-0.3, -0.25) is 0 Å². The highest BCUT2D eigenvalue weighted by molar-refractivity contribution is 5.99. The fourth-order valence-electron chi connectivity index (χ4n) is 3.66. The van der Waals surface area contributed by atoms with E-state index in [1.807, 2.05) is 18.2 Å². The lowest BCUT2D eigenvalue weighted by Gasteiger charge is -2.10. The molecule has 1 heteroatoms. The number of hydrogen-bond donors (Lipinski definition) is 1. The molecule has 1 nitrogen and oxygen atoms in total. The summed E-state index contributed by atoms with van der Waals surface area (Å²) >= 11 is 0. The normalized spacial score (nSPS) is 11.0. The van der Waals surface area contributed by atoms with Crippen LogP contribution in [0.25, 0.3) is 32.7 Å². The van der Waals surface area contributed by atoms with Crippen LogP contribution < -0.4 is 5.32 Å². The molecule has 0 radical (unpaired) electrons. The zero-order chi connectivity index (χ0) is 18.1. The monoisotopic (exact) mass is 345 g/mol. The zero-order valence-electron chi connectivity index (χ0n) is 14.9. The molecule has 0 fully saturated rings. The van der Waals surface area contributed by atoms with Gasteiger partial charge in [-0.05, 0) is 63.0 Å². The van der Waals surface area contributed by atoms with Gasteiger partial charge in [-0.25, -0.2) is 0 Å². The smallest absolute Gasteiger partial charge is 0.0390 e. The van der Waals surface area contributed by atoms with Gasteiger partial charge in [-0.1, -0.05) is 78.9 Å². The molecule has 0 aliphatic heterocycles. The first-order valence-corrected chi connectivity index (χ1v) is 9.21. The van der Waals surface area contributed by atoms with Gasteiger partial charge >= 0.3 is 0 Å². The van der Waals surface area contributed by atoms with E-state index >= 15 is 0 Å². The molecule has 0 bridgehead atoms. The molecule has 0 spiro atoms. The molecule has 5 aromatic carbocycles. The van der Waals surface area contributed by atoms with Gasteiger partial charge in [0.2, 0.25) is 0 Å². The summed E-state index contributed by atoms with van der Waals surface area (Å²) in [5.74, 6) is 0. The van der Waals surface area contributed by atoms with E-state index in [2.05, 4.69) is 96.3 Å². The number of anilines is 2. The van der Waals surface area contributed by atoms with Crippen molar-refractivity contribution in [3.8, 4) is 11.1 Å². The third-order valence-electron chi connectivity index (χ3n) is 5.00. The van der Waals surface area contributed by atoms with Crippen LogP contribution in [0.2, 0.25) is 0 Å². The summed E-state index contributed by atoms with van der Waals surface area (Å²) in [4.78, 5) is 0. The molecule has 0 saturated heterocycles. The second-order valence-corrected chi connectivity index (χ2v) is 6.79. The first-order chi connectivity index (χ1) is 13.4. The first kappa shape index (κ1) is 15.7. The van der Waals surface area contributed by atoms with Crippen LogP contribution in [-0.4, -0.2) is 0 Å². The Balaban J connectivity index is 1.60. The van der Waals surface area contributed by atoms with E-state index < -0.39 is 0 Å². The molecule has 128 valence electrons. The van der Waals surface area contributed by atoms with Crippen molar-refractivity contribution in [1.82, 2.24) is 0 Å². The average Bonchev–Trinajstić information content (AvgIpc) is 2.73. The van der Waals surface area contributed by atoms with E-state index in [4.69, 9.17) is 0 Å². The molecule has 0 amide bonds. The van der Waals surface area contributed by atoms with E-state index in [1.165, 1.54) is 32.7 Å². The molecule has 27 heavy (non-hydrogen) atoms. The van der Waals surface area contributed by atoms with Gasteiger partial charge in [-0.2, -0.15) is 0 Å². The van der Waals surface area contributed by atoms with Gasteiger partial charge in [0.25, 0.3) is 0 Å². The van der Waals surface area contributed by atoms with Crippen molar-refractivity contribution in [2.75, 3.05) is 5.32 Å². The fourth-order valence-corrected chi connectivity index (χ4v) is 3.66. The summed E-state index contributed by atoms with van der Waals surface area (Å²) in [6.07, 6.45) is 0. The molecule has 0 heterocycles. The van der Waals surface area contributed by atoms with E-state index in [9.17, 15) is 0 Å². The van der Waals surface area contributed by atoms with E-state index in [1.54, 1.807) is 0 Å². The largest absolute Gasteiger partial charge is 0.356 e. The molecule has 0 aliphatic carbocycles. The number of para-hydroxylation sites is 1. The maximum atomic E-state index is 3.48. The zero-order valence-corrected chi connectivity index (χ0v) is 14.9. The Morgan fingerprint density at radius 2 is 1.22 bits per heavy atom. The molecule has 1 N–H and O–H groups in total. The molecule has 5 rings (SSSR count). The minimum Gasteiger partial charge on any atom is -0.356 e. The summed E-state index contributed by atoms with van der Waals surface area (Å²) in [6.45, 7) is 0. The fraction of sp³-hybridized carbons (Fsp3) is 0. The minimum atomic E-state index is 1.10. The molecular weight excluding hydrogens is 326 g/mol. The molecule has 0 atom stereocenters. The van der Waals surface area contributed by atoms with Gasteiger partial charge < -0.3 is 5.32 Å². The third kappa shape index (κ3) is 3.04. The predicted octanol–water partition coefficient (Wildman–Crippen LogP) is 7.40.